The molecule has 29 heavy (non-hydrogen) atoms. The second kappa shape index (κ2) is 7.25. The molecule has 2 bridgehead atoms. The van der Waals surface area contributed by atoms with Gasteiger partial charge in [-0.2, -0.15) is 0 Å². The third kappa shape index (κ3) is 3.20. The quantitative estimate of drug-likeness (QED) is 0.355. The number of fused-ring (bicyclic) bond motifs is 3. The highest BCUT2D eigenvalue weighted by Gasteiger charge is 2.49. The third-order valence-electron chi connectivity index (χ3n) is 6.55. The van der Waals surface area contributed by atoms with Gasteiger partial charge in [0.05, 0.1) is 23.3 Å². The normalized spacial score (nSPS) is 29.1. The molecule has 0 saturated heterocycles. The van der Waals surface area contributed by atoms with E-state index >= 15 is 0 Å². The van der Waals surface area contributed by atoms with Crippen LogP contribution in [0.5, 0.6) is 0 Å². The molecule has 3 aliphatic carbocycles. The molecule has 2 N–H and O–H groups in total. The Kier molecular flexibility index (Phi) is 4.57. The maximum Gasteiger partial charge on any atom is 0.478 e. The minimum absolute atomic E-state index is 0.0541. The lowest BCUT2D eigenvalue weighted by Gasteiger charge is -2.17. The zero-order valence-corrected chi connectivity index (χ0v) is 16.0. The van der Waals surface area contributed by atoms with Crippen molar-refractivity contribution in [2.45, 2.75) is 31.4 Å². The van der Waals surface area contributed by atoms with Gasteiger partial charge in [0, 0.05) is 6.42 Å². The highest BCUT2D eigenvalue weighted by molar-refractivity contribution is 6.00. The van der Waals surface area contributed by atoms with Crippen LogP contribution in [0.3, 0.4) is 0 Å². The Morgan fingerprint density at radius 3 is 2.34 bits per heavy atom. The average Bonchev–Trinajstić information content (AvgIpc) is 3.43. The van der Waals surface area contributed by atoms with Crippen molar-refractivity contribution in [3.63, 3.8) is 0 Å². The van der Waals surface area contributed by atoms with Crippen molar-refractivity contribution in [1.29, 1.82) is 0 Å². The average molecular weight is 389 g/mol. The molecule has 5 nitrogen and oxygen atoms in total. The van der Waals surface area contributed by atoms with Gasteiger partial charge in [0.25, 0.3) is 0 Å². The molecule has 0 aromatic heterocycles. The molecule has 2 aromatic rings. The summed E-state index contributed by atoms with van der Waals surface area (Å²) in [7, 11) is 0. The van der Waals surface area contributed by atoms with E-state index in [4.69, 9.17) is 4.84 Å². The van der Waals surface area contributed by atoms with Gasteiger partial charge in [-0.15, -0.1) is 5.48 Å². The van der Waals surface area contributed by atoms with E-state index in [0.717, 1.165) is 24.0 Å². The van der Waals surface area contributed by atoms with E-state index in [-0.39, 0.29) is 11.7 Å². The van der Waals surface area contributed by atoms with Gasteiger partial charge in [0.15, 0.2) is 0 Å². The van der Waals surface area contributed by atoms with Gasteiger partial charge in [-0.25, -0.2) is 4.79 Å². The number of allylic oxidation sites excluding steroid dienone is 2. The summed E-state index contributed by atoms with van der Waals surface area (Å²) in [6, 6.07) is 13.9. The number of nitrogens with one attached hydrogen (secondary N) is 1. The molecule has 5 heteroatoms. The Labute approximate surface area is 169 Å². The molecular formula is C24H23NO4+. The minimum Gasteiger partial charge on any atom is -0.391 e. The zero-order valence-electron chi connectivity index (χ0n) is 16.0. The summed E-state index contributed by atoms with van der Waals surface area (Å²) < 4.78 is 0. The Morgan fingerprint density at radius 1 is 1.00 bits per heavy atom. The van der Waals surface area contributed by atoms with E-state index < -0.39 is 18.1 Å². The molecule has 0 aliphatic heterocycles. The molecule has 1 unspecified atom stereocenters. The maximum atomic E-state index is 12.8. The number of benzene rings is 2. The fourth-order valence-electron chi connectivity index (χ4n) is 5.02. The number of aliphatic hydroxyl groups excluding tert-OH is 1. The van der Waals surface area contributed by atoms with Crippen molar-refractivity contribution in [3.05, 3.63) is 82.9 Å². The molecule has 0 spiro atoms. The van der Waals surface area contributed by atoms with E-state index in [1.807, 2.05) is 24.3 Å². The first-order chi connectivity index (χ1) is 14.1. The second-order valence-electron chi connectivity index (χ2n) is 8.21. The molecule has 2 aromatic carbocycles. The molecule has 147 valence electrons. The largest absolute Gasteiger partial charge is 0.478 e. The van der Waals surface area contributed by atoms with Crippen LogP contribution in [-0.2, 0) is 11.3 Å². The molecule has 5 rings (SSSR count). The van der Waals surface area contributed by atoms with Gasteiger partial charge in [-0.3, -0.25) is 0 Å². The van der Waals surface area contributed by atoms with Crippen molar-refractivity contribution in [2.75, 3.05) is 0 Å². The van der Waals surface area contributed by atoms with Crippen LogP contribution in [0.1, 0.15) is 50.7 Å². The summed E-state index contributed by atoms with van der Waals surface area (Å²) in [5, 5.41) is 10.2. The standard InChI is InChI=1S/C24H23NO4/c26-20-13-18-3-1-2-4-19(18)22(20)25-29-24(28)17-11-9-16(10-12-17)23(27)21-14-5-6-15(21)8-7-14/h1-6,9-12,14-15,20-22,25-26H,7-8,13H2/q+1/t14-,15+,20-,21?,22+/m1/s1. The van der Waals surface area contributed by atoms with Crippen LogP contribution < -0.4 is 5.48 Å². The highest BCUT2D eigenvalue weighted by Crippen LogP contribution is 2.45. The minimum atomic E-state index is -0.643. The van der Waals surface area contributed by atoms with Gasteiger partial charge in [0.1, 0.15) is 5.92 Å². The summed E-state index contributed by atoms with van der Waals surface area (Å²) >= 11 is 0. The Balaban J connectivity index is 1.23. The van der Waals surface area contributed by atoms with Crippen LogP contribution in [0.2, 0.25) is 0 Å². The molecular weight excluding hydrogens is 366 g/mol. The summed E-state index contributed by atoms with van der Waals surface area (Å²) in [5.41, 5.74) is 5.70. The SMILES string of the molecule is O=C(ON[C@H]1c2ccccc2C[C@H]1O)c1ccc(C(=[O+])C2[C@@H]3C=C[C@H]2CC3)cc1. The first kappa shape index (κ1) is 18.3. The molecule has 3 aliphatic rings. The predicted molar refractivity (Wildman–Crippen MR) is 107 cm³/mol. The molecule has 1 fully saturated rings. The van der Waals surface area contributed by atoms with Crippen LogP contribution >= 0.6 is 0 Å². The van der Waals surface area contributed by atoms with Gasteiger partial charge >= 0.3 is 11.8 Å². The van der Waals surface area contributed by atoms with Gasteiger partial charge in [-0.05, 0) is 60.1 Å². The smallest absolute Gasteiger partial charge is 0.391 e. The fourth-order valence-corrected chi connectivity index (χ4v) is 5.02. The first-order valence-corrected chi connectivity index (χ1v) is 10.2. The second-order valence-corrected chi connectivity index (χ2v) is 8.21. The van der Waals surface area contributed by atoms with Gasteiger partial charge < -0.3 is 9.94 Å². The number of aliphatic hydroxyl groups is 1. The number of hydroxylamine groups is 1. The summed E-state index contributed by atoms with van der Waals surface area (Å²) in [4.78, 5) is 30.5. The summed E-state index contributed by atoms with van der Waals surface area (Å²) in [6.07, 6.45) is 6.40. The van der Waals surface area contributed by atoms with Crippen molar-refractivity contribution in [2.24, 2.45) is 17.8 Å². The summed E-state index contributed by atoms with van der Waals surface area (Å²) in [6.45, 7) is 0. The first-order valence-electron chi connectivity index (χ1n) is 10.2. The van der Waals surface area contributed by atoms with Crippen LogP contribution in [-0.4, -0.2) is 23.0 Å². The van der Waals surface area contributed by atoms with Crippen molar-refractivity contribution in [3.8, 4) is 0 Å². The predicted octanol–water partition coefficient (Wildman–Crippen LogP) is 3.40. The lowest BCUT2D eigenvalue weighted by atomic mass is 9.88. The van der Waals surface area contributed by atoms with Crippen molar-refractivity contribution in [1.82, 2.24) is 5.48 Å². The topological polar surface area (TPSA) is 78.5 Å². The van der Waals surface area contributed by atoms with E-state index in [2.05, 4.69) is 17.6 Å². The van der Waals surface area contributed by atoms with Crippen molar-refractivity contribution < 1.29 is 19.5 Å². The van der Waals surface area contributed by atoms with Gasteiger partial charge in [0.2, 0.25) is 4.79 Å². The Bertz CT molecular complexity index is 967. The van der Waals surface area contributed by atoms with Gasteiger partial charge in [-0.1, -0.05) is 36.4 Å². The maximum absolute atomic E-state index is 12.8. The number of Topliss-reactive ketones (excluding diaryl/α,β-unsaturated/α-hetero) is 1. The van der Waals surface area contributed by atoms with E-state index in [0.29, 0.717) is 29.4 Å². The van der Waals surface area contributed by atoms with Crippen LogP contribution in [0, 0.1) is 17.8 Å². The molecule has 5 atom stereocenters. The lowest BCUT2D eigenvalue weighted by Crippen LogP contribution is -2.31. The molecule has 1 radical (unpaired) electrons. The number of carbonyl (C=O) groups excluding carboxylic acids is 2. The van der Waals surface area contributed by atoms with Crippen molar-refractivity contribution >= 4 is 11.8 Å². The highest BCUT2D eigenvalue weighted by atomic mass is 16.7. The molecule has 0 heterocycles. The Hall–Kier alpha value is -2.76. The monoisotopic (exact) mass is 389 g/mol. The number of hydrogen-bond donors (Lipinski definition) is 2. The van der Waals surface area contributed by atoms with E-state index in [9.17, 15) is 14.7 Å². The lowest BCUT2D eigenvalue weighted by molar-refractivity contribution is -0.00332. The number of hydrogen-bond acceptors (Lipinski definition) is 5. The van der Waals surface area contributed by atoms with E-state index in [1.54, 1.807) is 24.3 Å². The van der Waals surface area contributed by atoms with E-state index in [1.165, 1.54) is 0 Å². The summed E-state index contributed by atoms with van der Waals surface area (Å²) in [5.74, 6) is 0.400. The van der Waals surface area contributed by atoms with Crippen LogP contribution in [0.4, 0.5) is 0 Å². The van der Waals surface area contributed by atoms with Crippen LogP contribution in [0.25, 0.3) is 0 Å². The number of ketones is 1. The number of rotatable bonds is 5. The third-order valence-corrected chi connectivity index (χ3v) is 6.55. The molecule has 0 amide bonds. The van der Waals surface area contributed by atoms with Crippen LogP contribution in [0.15, 0.2) is 60.7 Å². The molecule has 1 saturated carbocycles. The number of carbonyl (C=O) groups is 2. The zero-order chi connectivity index (χ0) is 20.0. The fraction of sp³-hybridized carbons (Fsp3) is 0.333. The Morgan fingerprint density at radius 2 is 1.66 bits per heavy atom.